The summed E-state index contributed by atoms with van der Waals surface area (Å²) >= 11 is 0. The van der Waals surface area contributed by atoms with Gasteiger partial charge in [-0.1, -0.05) is 26.7 Å². The first-order valence-electron chi connectivity index (χ1n) is 9.48. The van der Waals surface area contributed by atoms with Crippen LogP contribution in [0.3, 0.4) is 0 Å². The maximum atomic E-state index is 12.6. The van der Waals surface area contributed by atoms with Gasteiger partial charge in [-0.2, -0.15) is 0 Å². The lowest BCUT2D eigenvalue weighted by Crippen LogP contribution is -2.42. The molecule has 0 aromatic rings. The van der Waals surface area contributed by atoms with Crippen LogP contribution in [0.2, 0.25) is 0 Å². The molecule has 0 spiro atoms. The van der Waals surface area contributed by atoms with Crippen LogP contribution >= 0.6 is 0 Å². The van der Waals surface area contributed by atoms with E-state index in [1.54, 1.807) is 0 Å². The van der Waals surface area contributed by atoms with E-state index < -0.39 is 6.29 Å². The van der Waals surface area contributed by atoms with Crippen molar-refractivity contribution >= 4 is 5.91 Å². The minimum Gasteiger partial charge on any atom is -0.459 e. The minimum absolute atomic E-state index is 0.113. The van der Waals surface area contributed by atoms with E-state index in [0.29, 0.717) is 18.3 Å². The first kappa shape index (κ1) is 19.3. The zero-order valence-electron chi connectivity index (χ0n) is 15.3. The topological polar surface area (TPSA) is 67.8 Å². The van der Waals surface area contributed by atoms with Crippen LogP contribution in [0.4, 0.5) is 0 Å². The Hall–Kier alpha value is -1.07. The lowest BCUT2D eigenvalue weighted by atomic mass is 9.78. The number of nitrogens with one attached hydrogen (secondary N) is 1. The highest BCUT2D eigenvalue weighted by Crippen LogP contribution is 2.37. The van der Waals surface area contributed by atoms with Crippen LogP contribution in [0.25, 0.3) is 0 Å². The fourth-order valence-corrected chi connectivity index (χ4v) is 3.85. The summed E-state index contributed by atoms with van der Waals surface area (Å²) in [6.45, 7) is 6.97. The molecule has 0 radical (unpaired) electrons. The molecular weight excluding hydrogens is 306 g/mol. The van der Waals surface area contributed by atoms with Crippen molar-refractivity contribution < 1.29 is 19.4 Å². The van der Waals surface area contributed by atoms with Gasteiger partial charge in [0.15, 0.2) is 5.76 Å². The molecule has 1 heterocycles. The highest BCUT2D eigenvalue weighted by atomic mass is 16.7. The summed E-state index contributed by atoms with van der Waals surface area (Å²) in [5.74, 6) is 1.05. The largest absolute Gasteiger partial charge is 0.459 e. The number of amides is 1. The summed E-state index contributed by atoms with van der Waals surface area (Å²) in [5.41, 5.74) is 0. The molecule has 5 nitrogen and oxygen atoms in total. The second-order valence-corrected chi connectivity index (χ2v) is 7.28. The van der Waals surface area contributed by atoms with E-state index in [2.05, 4.69) is 19.2 Å². The van der Waals surface area contributed by atoms with Crippen LogP contribution in [0.5, 0.6) is 0 Å². The molecule has 1 aliphatic heterocycles. The fraction of sp³-hybridized carbons (Fsp3) is 0.842. The number of hydrogen-bond acceptors (Lipinski definition) is 4. The van der Waals surface area contributed by atoms with Gasteiger partial charge in [0, 0.05) is 25.2 Å². The summed E-state index contributed by atoms with van der Waals surface area (Å²) in [7, 11) is 0. The Balaban J connectivity index is 2.12. The van der Waals surface area contributed by atoms with Crippen LogP contribution in [-0.2, 0) is 14.3 Å². The van der Waals surface area contributed by atoms with Crippen molar-refractivity contribution in [3.05, 3.63) is 11.8 Å². The number of aliphatic hydroxyl groups is 1. The van der Waals surface area contributed by atoms with Gasteiger partial charge in [0.2, 0.25) is 6.29 Å². The van der Waals surface area contributed by atoms with Crippen molar-refractivity contribution in [3.63, 3.8) is 0 Å². The van der Waals surface area contributed by atoms with Gasteiger partial charge in [0.05, 0.1) is 0 Å². The number of allylic oxidation sites excluding steroid dienone is 1. The van der Waals surface area contributed by atoms with E-state index >= 15 is 0 Å². The number of aliphatic hydroxyl groups excluding tert-OH is 1. The van der Waals surface area contributed by atoms with E-state index in [1.165, 1.54) is 12.8 Å². The van der Waals surface area contributed by atoms with Crippen molar-refractivity contribution in [2.45, 2.75) is 71.6 Å². The van der Waals surface area contributed by atoms with Gasteiger partial charge in [-0.15, -0.1) is 0 Å². The maximum Gasteiger partial charge on any atom is 0.286 e. The maximum absolute atomic E-state index is 12.6. The number of carbonyl (C=O) groups is 1. The molecule has 2 N–H and O–H groups in total. The van der Waals surface area contributed by atoms with Crippen molar-refractivity contribution in [2.24, 2.45) is 17.8 Å². The van der Waals surface area contributed by atoms with Crippen LogP contribution in [0, 0.1) is 17.8 Å². The molecule has 0 bridgehead atoms. The third kappa shape index (κ3) is 4.96. The van der Waals surface area contributed by atoms with Crippen LogP contribution < -0.4 is 5.32 Å². The molecule has 1 aliphatic carbocycles. The molecule has 2 aliphatic rings. The molecular formula is C19H33NO4. The third-order valence-electron chi connectivity index (χ3n) is 5.14. The highest BCUT2D eigenvalue weighted by molar-refractivity contribution is 5.91. The first-order chi connectivity index (χ1) is 11.6. The number of carbonyl (C=O) groups excluding carboxylic acids is 1. The lowest BCUT2D eigenvalue weighted by Gasteiger charge is -2.38. The molecule has 0 aromatic heterocycles. The quantitative estimate of drug-likeness (QED) is 0.713. The predicted molar refractivity (Wildman–Crippen MR) is 93.1 cm³/mol. The number of rotatable bonds is 8. The van der Waals surface area contributed by atoms with Gasteiger partial charge in [-0.3, -0.25) is 4.79 Å². The molecule has 0 unspecified atom stereocenters. The monoisotopic (exact) mass is 339 g/mol. The van der Waals surface area contributed by atoms with E-state index in [4.69, 9.17) is 9.47 Å². The van der Waals surface area contributed by atoms with E-state index in [1.807, 2.05) is 13.0 Å². The van der Waals surface area contributed by atoms with Crippen LogP contribution in [-0.4, -0.2) is 36.6 Å². The molecule has 2 rings (SSSR count). The summed E-state index contributed by atoms with van der Waals surface area (Å²) in [6.07, 6.45) is 7.60. The zero-order chi connectivity index (χ0) is 17.5. The Kier molecular flexibility index (Phi) is 7.56. The Morgan fingerprint density at radius 1 is 1.42 bits per heavy atom. The standard InChI is InChI=1S/C19H33NO4/c1-4-23-19-15(10-7-11-21)16(13(2)3)12-17(24-19)18(22)20-14-8-5-6-9-14/h12-16,19,21H,4-11H2,1-3H3,(H,20,22)/t15-,16-,19-/m1/s1. The Bertz CT molecular complexity index is 429. The Labute approximate surface area is 145 Å². The van der Waals surface area contributed by atoms with Crippen molar-refractivity contribution in [2.75, 3.05) is 13.2 Å². The predicted octanol–water partition coefficient (Wildman–Crippen LogP) is 2.98. The van der Waals surface area contributed by atoms with Gasteiger partial charge in [-0.25, -0.2) is 0 Å². The second-order valence-electron chi connectivity index (χ2n) is 7.28. The smallest absolute Gasteiger partial charge is 0.286 e. The fourth-order valence-electron chi connectivity index (χ4n) is 3.85. The number of ether oxygens (including phenoxy) is 2. The van der Waals surface area contributed by atoms with Gasteiger partial charge < -0.3 is 19.9 Å². The summed E-state index contributed by atoms with van der Waals surface area (Å²) in [4.78, 5) is 12.6. The summed E-state index contributed by atoms with van der Waals surface area (Å²) in [6, 6.07) is 0.275. The Morgan fingerprint density at radius 3 is 2.71 bits per heavy atom. The Morgan fingerprint density at radius 2 is 2.12 bits per heavy atom. The second kappa shape index (κ2) is 9.42. The average Bonchev–Trinajstić information content (AvgIpc) is 3.06. The van der Waals surface area contributed by atoms with Crippen molar-refractivity contribution in [3.8, 4) is 0 Å². The average molecular weight is 339 g/mol. The molecule has 1 amide bonds. The molecule has 138 valence electrons. The molecule has 3 atom stereocenters. The molecule has 24 heavy (non-hydrogen) atoms. The van der Waals surface area contributed by atoms with Crippen molar-refractivity contribution in [1.82, 2.24) is 5.32 Å². The normalized spacial score (nSPS) is 27.9. The summed E-state index contributed by atoms with van der Waals surface area (Å²) in [5, 5.41) is 12.3. The molecule has 1 saturated carbocycles. The third-order valence-corrected chi connectivity index (χ3v) is 5.14. The van der Waals surface area contributed by atoms with Gasteiger partial charge >= 0.3 is 0 Å². The van der Waals surface area contributed by atoms with Crippen LogP contribution in [0.1, 0.15) is 59.3 Å². The van der Waals surface area contributed by atoms with Crippen molar-refractivity contribution in [1.29, 1.82) is 0 Å². The van der Waals surface area contributed by atoms with Gasteiger partial charge in [-0.05, 0) is 50.5 Å². The van der Waals surface area contributed by atoms with E-state index in [0.717, 1.165) is 25.7 Å². The molecule has 0 saturated heterocycles. The van der Waals surface area contributed by atoms with Gasteiger partial charge in [0.25, 0.3) is 5.91 Å². The molecule has 5 heteroatoms. The van der Waals surface area contributed by atoms with Crippen LogP contribution in [0.15, 0.2) is 11.8 Å². The van der Waals surface area contributed by atoms with Gasteiger partial charge in [0.1, 0.15) is 0 Å². The van der Waals surface area contributed by atoms with E-state index in [-0.39, 0.29) is 30.4 Å². The highest BCUT2D eigenvalue weighted by Gasteiger charge is 2.38. The molecule has 1 fully saturated rings. The summed E-state index contributed by atoms with van der Waals surface area (Å²) < 4.78 is 11.7. The van der Waals surface area contributed by atoms with E-state index in [9.17, 15) is 9.90 Å². The zero-order valence-corrected chi connectivity index (χ0v) is 15.3. The molecule has 0 aromatic carbocycles. The SMILES string of the molecule is CCO[C@@H]1OC(C(=O)NC2CCCC2)=C[C@H](C(C)C)[C@H]1CCCO. The minimum atomic E-state index is -0.414. The lowest BCUT2D eigenvalue weighted by molar-refractivity contribution is -0.175. The first-order valence-corrected chi connectivity index (χ1v) is 9.48. The number of hydrogen-bond donors (Lipinski definition) is 2.